The Labute approximate surface area is 152 Å². The first-order chi connectivity index (χ1) is 11.2. The minimum atomic E-state index is -1.28. The largest absolute Gasteiger partial charge is 0.378 e. The highest BCUT2D eigenvalue weighted by Gasteiger charge is 2.18. The highest BCUT2D eigenvalue weighted by molar-refractivity contribution is 6.42. The molecule has 2 N–H and O–H groups in total. The van der Waals surface area contributed by atoms with Crippen molar-refractivity contribution in [2.75, 3.05) is 0 Å². The molecule has 2 aromatic carbocycles. The van der Waals surface area contributed by atoms with Gasteiger partial charge < -0.3 is 10.4 Å². The van der Waals surface area contributed by atoms with Crippen molar-refractivity contribution in [1.29, 1.82) is 0 Å². The number of amides is 1. The van der Waals surface area contributed by atoms with Crippen molar-refractivity contribution in [2.24, 2.45) is 0 Å². The van der Waals surface area contributed by atoms with E-state index in [4.69, 9.17) is 23.2 Å². The zero-order chi connectivity index (χ0) is 17.9. The van der Waals surface area contributed by atoms with E-state index in [0.717, 1.165) is 5.56 Å². The number of rotatable bonds is 4. The summed E-state index contributed by atoms with van der Waals surface area (Å²) < 4.78 is 0. The lowest BCUT2D eigenvalue weighted by atomic mass is 9.87. The van der Waals surface area contributed by atoms with Crippen molar-refractivity contribution in [3.8, 4) is 0 Å². The summed E-state index contributed by atoms with van der Waals surface area (Å²) in [6.45, 7) is 6.80. The van der Waals surface area contributed by atoms with E-state index >= 15 is 0 Å². The molecule has 1 atom stereocenters. The Hall–Kier alpha value is -1.55. The molecule has 0 aliphatic heterocycles. The van der Waals surface area contributed by atoms with Crippen LogP contribution in [0, 0.1) is 0 Å². The number of halogens is 2. The summed E-state index contributed by atoms with van der Waals surface area (Å²) in [6.07, 6.45) is -1.28. The first-order valence-corrected chi connectivity index (χ1v) is 8.44. The number of hydrogen-bond donors (Lipinski definition) is 2. The molecule has 0 spiro atoms. The maximum Gasteiger partial charge on any atom is 0.253 e. The number of carbonyl (C=O) groups is 1. The van der Waals surface area contributed by atoms with Crippen LogP contribution in [0.15, 0.2) is 42.5 Å². The standard InChI is InChI=1S/C19H21Cl2NO2/c1-19(2,3)14-7-4-12(5-8-14)11-22-18(24)17(23)13-6-9-15(20)16(21)10-13/h4-10,17,23H,11H2,1-3H3,(H,22,24). The molecule has 24 heavy (non-hydrogen) atoms. The van der Waals surface area contributed by atoms with Gasteiger partial charge >= 0.3 is 0 Å². The van der Waals surface area contributed by atoms with Crippen molar-refractivity contribution in [3.63, 3.8) is 0 Å². The van der Waals surface area contributed by atoms with Crippen LogP contribution >= 0.6 is 23.2 Å². The summed E-state index contributed by atoms with van der Waals surface area (Å²) in [6, 6.07) is 12.7. The third-order valence-corrected chi connectivity index (χ3v) is 4.53. The van der Waals surface area contributed by atoms with Crippen molar-refractivity contribution in [2.45, 2.75) is 38.8 Å². The second-order valence-electron chi connectivity index (χ2n) is 6.74. The lowest BCUT2D eigenvalue weighted by molar-refractivity contribution is -0.129. The minimum Gasteiger partial charge on any atom is -0.378 e. The van der Waals surface area contributed by atoms with Gasteiger partial charge in [-0.1, -0.05) is 74.3 Å². The molecule has 0 saturated heterocycles. The molecule has 0 aromatic heterocycles. The van der Waals surface area contributed by atoms with Gasteiger partial charge in [-0.15, -0.1) is 0 Å². The van der Waals surface area contributed by atoms with Crippen molar-refractivity contribution in [1.82, 2.24) is 5.32 Å². The Balaban J connectivity index is 1.98. The van der Waals surface area contributed by atoms with Crippen molar-refractivity contribution >= 4 is 29.1 Å². The maximum absolute atomic E-state index is 12.1. The molecule has 0 saturated carbocycles. The summed E-state index contributed by atoms with van der Waals surface area (Å²) in [5.41, 5.74) is 2.70. The van der Waals surface area contributed by atoms with E-state index in [2.05, 4.69) is 38.2 Å². The van der Waals surface area contributed by atoms with Crippen LogP contribution in [-0.2, 0) is 16.8 Å². The van der Waals surface area contributed by atoms with Crippen LogP contribution < -0.4 is 5.32 Å². The Morgan fingerprint density at radius 3 is 2.25 bits per heavy atom. The van der Waals surface area contributed by atoms with Gasteiger partial charge in [-0.3, -0.25) is 4.79 Å². The van der Waals surface area contributed by atoms with E-state index < -0.39 is 12.0 Å². The molecule has 5 heteroatoms. The molecular weight excluding hydrogens is 345 g/mol. The van der Waals surface area contributed by atoms with Crippen molar-refractivity contribution in [3.05, 3.63) is 69.2 Å². The smallest absolute Gasteiger partial charge is 0.253 e. The third-order valence-electron chi connectivity index (χ3n) is 3.79. The fourth-order valence-electron chi connectivity index (χ4n) is 2.24. The molecule has 3 nitrogen and oxygen atoms in total. The van der Waals surface area contributed by atoms with Crippen LogP contribution in [0.3, 0.4) is 0 Å². The summed E-state index contributed by atoms with van der Waals surface area (Å²) in [7, 11) is 0. The monoisotopic (exact) mass is 365 g/mol. The fourth-order valence-corrected chi connectivity index (χ4v) is 2.55. The Bertz CT molecular complexity index is 721. The zero-order valence-corrected chi connectivity index (χ0v) is 15.4. The van der Waals surface area contributed by atoms with E-state index in [1.165, 1.54) is 11.6 Å². The van der Waals surface area contributed by atoms with Gasteiger partial charge in [0.2, 0.25) is 0 Å². The molecule has 2 aromatic rings. The normalized spacial score (nSPS) is 12.8. The zero-order valence-electron chi connectivity index (χ0n) is 13.9. The van der Waals surface area contributed by atoms with E-state index in [0.29, 0.717) is 22.2 Å². The van der Waals surface area contributed by atoms with Crippen LogP contribution in [0.2, 0.25) is 10.0 Å². The molecule has 2 rings (SSSR count). The number of benzene rings is 2. The molecule has 0 heterocycles. The van der Waals surface area contributed by atoms with E-state index in [-0.39, 0.29) is 5.41 Å². The summed E-state index contributed by atoms with van der Waals surface area (Å²) >= 11 is 11.7. The molecule has 0 radical (unpaired) electrons. The second-order valence-corrected chi connectivity index (χ2v) is 7.56. The number of aliphatic hydroxyl groups excluding tert-OH is 1. The molecule has 128 valence electrons. The Morgan fingerprint density at radius 1 is 1.08 bits per heavy atom. The molecule has 0 fully saturated rings. The van der Waals surface area contributed by atoms with E-state index in [1.807, 2.05) is 12.1 Å². The Kier molecular flexibility index (Phi) is 5.92. The van der Waals surface area contributed by atoms with Gasteiger partial charge in [0.25, 0.3) is 5.91 Å². The van der Waals surface area contributed by atoms with Crippen LogP contribution in [0.4, 0.5) is 0 Å². The summed E-state index contributed by atoms with van der Waals surface area (Å²) in [5.74, 6) is -0.478. The number of carbonyl (C=O) groups excluding carboxylic acids is 1. The van der Waals surface area contributed by atoms with Gasteiger partial charge in [0.05, 0.1) is 10.0 Å². The first-order valence-electron chi connectivity index (χ1n) is 7.68. The van der Waals surface area contributed by atoms with E-state index in [9.17, 15) is 9.90 Å². The Morgan fingerprint density at radius 2 is 1.71 bits per heavy atom. The van der Waals surface area contributed by atoms with Crippen LogP contribution in [0.5, 0.6) is 0 Å². The highest BCUT2D eigenvalue weighted by Crippen LogP contribution is 2.26. The molecular formula is C19H21Cl2NO2. The molecule has 0 aliphatic rings. The predicted molar refractivity (Wildman–Crippen MR) is 98.4 cm³/mol. The molecule has 1 unspecified atom stereocenters. The van der Waals surface area contributed by atoms with Gasteiger partial charge in [0, 0.05) is 6.54 Å². The SMILES string of the molecule is CC(C)(C)c1ccc(CNC(=O)C(O)c2ccc(Cl)c(Cl)c2)cc1. The molecule has 0 aliphatic carbocycles. The topological polar surface area (TPSA) is 49.3 Å². The van der Waals surface area contributed by atoms with Gasteiger partial charge in [0.15, 0.2) is 6.10 Å². The summed E-state index contributed by atoms with van der Waals surface area (Å²) in [5, 5.41) is 13.5. The molecule has 1 amide bonds. The van der Waals surface area contributed by atoms with Gasteiger partial charge in [-0.2, -0.15) is 0 Å². The third kappa shape index (κ3) is 4.73. The number of hydrogen-bond acceptors (Lipinski definition) is 2. The average molecular weight is 366 g/mol. The minimum absolute atomic E-state index is 0.0891. The van der Waals surface area contributed by atoms with Crippen LogP contribution in [0.25, 0.3) is 0 Å². The van der Waals surface area contributed by atoms with Crippen LogP contribution in [-0.4, -0.2) is 11.0 Å². The number of aliphatic hydroxyl groups is 1. The van der Waals surface area contributed by atoms with Gasteiger partial charge in [-0.05, 0) is 34.2 Å². The number of nitrogens with one attached hydrogen (secondary N) is 1. The average Bonchev–Trinajstić information content (AvgIpc) is 2.54. The van der Waals surface area contributed by atoms with Crippen molar-refractivity contribution < 1.29 is 9.90 Å². The fraction of sp³-hybridized carbons (Fsp3) is 0.316. The quantitative estimate of drug-likeness (QED) is 0.828. The van der Waals surface area contributed by atoms with E-state index in [1.54, 1.807) is 12.1 Å². The summed E-state index contributed by atoms with van der Waals surface area (Å²) in [4.78, 5) is 12.1. The predicted octanol–water partition coefficient (Wildman–Crippen LogP) is 4.64. The van der Waals surface area contributed by atoms with Crippen LogP contribution in [0.1, 0.15) is 43.6 Å². The lowest BCUT2D eigenvalue weighted by Crippen LogP contribution is -2.28. The maximum atomic E-state index is 12.1. The first kappa shape index (κ1) is 18.8. The molecule has 0 bridgehead atoms. The van der Waals surface area contributed by atoms with Gasteiger partial charge in [-0.25, -0.2) is 0 Å². The van der Waals surface area contributed by atoms with Gasteiger partial charge in [0.1, 0.15) is 0 Å². The lowest BCUT2D eigenvalue weighted by Gasteiger charge is -2.19. The highest BCUT2D eigenvalue weighted by atomic mass is 35.5. The second kappa shape index (κ2) is 7.56.